The third-order valence-corrected chi connectivity index (χ3v) is 7.96. The number of aliphatic hydroxyl groups excluding tert-OH is 2. The number of amides is 4. The van der Waals surface area contributed by atoms with Gasteiger partial charge < -0.3 is 31.1 Å². The maximum atomic E-state index is 14.0. The standard InChI is InChI=1S/C27H37F3N4O6/c1-15(16(2)35)23(38)33-12-4-6-20(33)24(39)34-13-5-11-26(34,25(40)32-21(17(3)36)22(31)37)14-18-7-9-19(10-8-18)27(28,29)30/h7-10,15-17,20-21,35-36H,4-6,11-14H2,1-3H3,(H2,31,37)(H,32,40)/t15-,16+,17+,20-,21-,26?/m0/s1. The number of hydrogen-bond donors (Lipinski definition) is 4. The van der Waals surface area contributed by atoms with Gasteiger partial charge >= 0.3 is 6.18 Å². The van der Waals surface area contributed by atoms with Crippen LogP contribution in [0.25, 0.3) is 0 Å². The van der Waals surface area contributed by atoms with E-state index in [0.29, 0.717) is 31.4 Å². The fourth-order valence-electron chi connectivity index (χ4n) is 5.49. The largest absolute Gasteiger partial charge is 0.416 e. The number of likely N-dealkylation sites (tertiary alicyclic amines) is 2. The highest BCUT2D eigenvalue weighted by Crippen LogP contribution is 2.37. The van der Waals surface area contributed by atoms with Crippen molar-refractivity contribution in [2.75, 3.05) is 13.1 Å². The monoisotopic (exact) mass is 570 g/mol. The smallest absolute Gasteiger partial charge is 0.393 e. The van der Waals surface area contributed by atoms with Crippen molar-refractivity contribution in [1.82, 2.24) is 15.1 Å². The van der Waals surface area contributed by atoms with Crippen LogP contribution in [0, 0.1) is 5.92 Å². The number of carbonyl (C=O) groups is 4. The third kappa shape index (κ3) is 6.41. The molecule has 5 N–H and O–H groups in total. The summed E-state index contributed by atoms with van der Waals surface area (Å²) in [7, 11) is 0. The number of carbonyl (C=O) groups excluding carboxylic acids is 4. The minimum Gasteiger partial charge on any atom is -0.393 e. The van der Waals surface area contributed by atoms with E-state index >= 15 is 0 Å². The van der Waals surface area contributed by atoms with Gasteiger partial charge in [0, 0.05) is 19.5 Å². The van der Waals surface area contributed by atoms with Crippen LogP contribution in [0.1, 0.15) is 57.6 Å². The molecule has 2 saturated heterocycles. The second-order valence-electron chi connectivity index (χ2n) is 10.8. The number of alkyl halides is 3. The normalized spacial score (nSPS) is 24.4. The van der Waals surface area contributed by atoms with E-state index in [0.717, 1.165) is 12.1 Å². The van der Waals surface area contributed by atoms with E-state index in [4.69, 9.17) is 5.73 Å². The van der Waals surface area contributed by atoms with Crippen LogP contribution in [0.2, 0.25) is 0 Å². The van der Waals surface area contributed by atoms with Gasteiger partial charge in [-0.1, -0.05) is 19.1 Å². The molecule has 0 saturated carbocycles. The molecule has 1 aromatic carbocycles. The zero-order chi connectivity index (χ0) is 30.0. The van der Waals surface area contributed by atoms with Crippen LogP contribution in [0.5, 0.6) is 0 Å². The Morgan fingerprint density at radius 3 is 2.20 bits per heavy atom. The predicted molar refractivity (Wildman–Crippen MR) is 137 cm³/mol. The number of nitrogens with one attached hydrogen (secondary N) is 1. The van der Waals surface area contributed by atoms with Crippen molar-refractivity contribution in [1.29, 1.82) is 0 Å². The Balaban J connectivity index is 2.00. The summed E-state index contributed by atoms with van der Waals surface area (Å²) < 4.78 is 39.4. The minimum atomic E-state index is -4.56. The van der Waals surface area contributed by atoms with Crippen LogP contribution < -0.4 is 11.1 Å². The molecule has 3 rings (SSSR count). The second kappa shape index (κ2) is 12.1. The first-order chi connectivity index (χ1) is 18.6. The number of primary amides is 1. The number of benzene rings is 1. The quantitative estimate of drug-likeness (QED) is 0.347. The molecule has 13 heteroatoms. The molecular weight excluding hydrogens is 533 g/mol. The third-order valence-electron chi connectivity index (χ3n) is 7.96. The molecule has 4 amide bonds. The van der Waals surface area contributed by atoms with Gasteiger partial charge in [0.15, 0.2) is 0 Å². The Morgan fingerprint density at radius 2 is 1.68 bits per heavy atom. The molecule has 0 aliphatic carbocycles. The second-order valence-corrected chi connectivity index (χ2v) is 10.8. The molecule has 2 aliphatic heterocycles. The number of rotatable bonds is 9. The first-order valence-electron chi connectivity index (χ1n) is 13.3. The average Bonchev–Trinajstić information content (AvgIpc) is 3.53. The first-order valence-corrected chi connectivity index (χ1v) is 13.3. The zero-order valence-electron chi connectivity index (χ0n) is 22.8. The van der Waals surface area contributed by atoms with Crippen LogP contribution in [0.4, 0.5) is 13.2 Å². The van der Waals surface area contributed by atoms with Crippen molar-refractivity contribution in [3.05, 3.63) is 35.4 Å². The van der Waals surface area contributed by atoms with Crippen molar-refractivity contribution in [3.63, 3.8) is 0 Å². The Bertz CT molecular complexity index is 1110. The molecule has 0 aromatic heterocycles. The molecule has 222 valence electrons. The van der Waals surface area contributed by atoms with Gasteiger partial charge in [-0.2, -0.15) is 13.2 Å². The summed E-state index contributed by atoms with van der Waals surface area (Å²) in [5, 5.41) is 22.4. The van der Waals surface area contributed by atoms with E-state index in [1.807, 2.05) is 0 Å². The molecule has 40 heavy (non-hydrogen) atoms. The fourth-order valence-corrected chi connectivity index (χ4v) is 5.49. The van der Waals surface area contributed by atoms with E-state index in [2.05, 4.69) is 5.32 Å². The van der Waals surface area contributed by atoms with Gasteiger partial charge in [0.2, 0.25) is 23.6 Å². The van der Waals surface area contributed by atoms with Crippen LogP contribution in [-0.2, 0) is 31.8 Å². The van der Waals surface area contributed by atoms with Gasteiger partial charge in [0.1, 0.15) is 17.6 Å². The number of nitrogens with two attached hydrogens (primary N) is 1. The lowest BCUT2D eigenvalue weighted by Crippen LogP contribution is -2.65. The highest BCUT2D eigenvalue weighted by atomic mass is 19.4. The lowest BCUT2D eigenvalue weighted by Gasteiger charge is -2.41. The number of halogens is 3. The Morgan fingerprint density at radius 1 is 1.05 bits per heavy atom. The summed E-state index contributed by atoms with van der Waals surface area (Å²) >= 11 is 0. The van der Waals surface area contributed by atoms with Gasteiger partial charge in [0.25, 0.3) is 0 Å². The van der Waals surface area contributed by atoms with Crippen molar-refractivity contribution < 1.29 is 42.6 Å². The maximum absolute atomic E-state index is 14.0. The van der Waals surface area contributed by atoms with Crippen LogP contribution in [0.3, 0.4) is 0 Å². The molecule has 1 aromatic rings. The Hall–Kier alpha value is -3.19. The van der Waals surface area contributed by atoms with Gasteiger partial charge in [-0.25, -0.2) is 0 Å². The summed E-state index contributed by atoms with van der Waals surface area (Å²) in [5.41, 5.74) is 3.23. The van der Waals surface area contributed by atoms with Crippen molar-refractivity contribution in [3.8, 4) is 0 Å². The number of aliphatic hydroxyl groups is 2. The first kappa shape index (κ1) is 31.3. The van der Waals surface area contributed by atoms with E-state index in [-0.39, 0.29) is 19.4 Å². The molecule has 0 bridgehead atoms. The van der Waals surface area contributed by atoms with Crippen LogP contribution >= 0.6 is 0 Å². The summed E-state index contributed by atoms with van der Waals surface area (Å²) in [6.45, 7) is 4.73. The SMILES string of the molecule is C[C@H](C(=O)N1CCC[C@H]1C(=O)N1CCCC1(Cc1ccc(C(F)(F)F)cc1)C(=O)N[C@H](C(N)=O)[C@@H](C)O)[C@@H](C)O. The summed E-state index contributed by atoms with van der Waals surface area (Å²) in [6.07, 6.45) is -5.64. The molecule has 0 spiro atoms. The van der Waals surface area contributed by atoms with Crippen LogP contribution in [0.15, 0.2) is 24.3 Å². The van der Waals surface area contributed by atoms with E-state index in [1.165, 1.54) is 35.8 Å². The van der Waals surface area contributed by atoms with Gasteiger partial charge in [-0.3, -0.25) is 19.2 Å². The highest BCUT2D eigenvalue weighted by molar-refractivity contribution is 5.97. The number of nitrogens with zero attached hydrogens (tertiary/aromatic N) is 2. The highest BCUT2D eigenvalue weighted by Gasteiger charge is 2.53. The number of hydrogen-bond acceptors (Lipinski definition) is 6. The Kier molecular flexibility index (Phi) is 9.50. The fraction of sp³-hybridized carbons (Fsp3) is 0.630. The van der Waals surface area contributed by atoms with E-state index in [1.54, 1.807) is 6.92 Å². The van der Waals surface area contributed by atoms with Gasteiger partial charge in [-0.05, 0) is 57.2 Å². The molecule has 6 atom stereocenters. The van der Waals surface area contributed by atoms with E-state index < -0.39 is 71.1 Å². The molecule has 2 fully saturated rings. The Labute approximate surface area is 230 Å². The maximum Gasteiger partial charge on any atom is 0.416 e. The molecule has 0 radical (unpaired) electrons. The lowest BCUT2D eigenvalue weighted by atomic mass is 9.85. The molecular formula is C27H37F3N4O6. The zero-order valence-corrected chi connectivity index (χ0v) is 22.8. The topological polar surface area (TPSA) is 153 Å². The molecule has 10 nitrogen and oxygen atoms in total. The summed E-state index contributed by atoms with van der Waals surface area (Å²) in [5.74, 6) is -3.43. The average molecular weight is 571 g/mol. The lowest BCUT2D eigenvalue weighted by molar-refractivity contribution is -0.153. The molecule has 2 aliphatic rings. The minimum absolute atomic E-state index is 0.127. The summed E-state index contributed by atoms with van der Waals surface area (Å²) in [6, 6.07) is 1.88. The van der Waals surface area contributed by atoms with Gasteiger partial charge in [0.05, 0.1) is 23.7 Å². The summed E-state index contributed by atoms with van der Waals surface area (Å²) in [4.78, 5) is 55.6. The van der Waals surface area contributed by atoms with Crippen molar-refractivity contribution >= 4 is 23.6 Å². The van der Waals surface area contributed by atoms with Crippen molar-refractivity contribution in [2.45, 2.75) is 88.9 Å². The van der Waals surface area contributed by atoms with E-state index in [9.17, 15) is 42.6 Å². The predicted octanol–water partition coefficient (Wildman–Crippen LogP) is 0.968. The van der Waals surface area contributed by atoms with Gasteiger partial charge in [-0.15, -0.1) is 0 Å². The molecule has 1 unspecified atom stereocenters. The van der Waals surface area contributed by atoms with Crippen LogP contribution in [-0.4, -0.2) is 86.6 Å². The van der Waals surface area contributed by atoms with Crippen molar-refractivity contribution in [2.24, 2.45) is 11.7 Å². The molecule has 2 heterocycles.